The van der Waals surface area contributed by atoms with Crippen molar-refractivity contribution in [2.45, 2.75) is 12.8 Å². The summed E-state index contributed by atoms with van der Waals surface area (Å²) in [5.41, 5.74) is 0.762. The van der Waals surface area contributed by atoms with Crippen molar-refractivity contribution in [3.05, 3.63) is 22.9 Å². The molecule has 2 saturated heterocycles. The van der Waals surface area contributed by atoms with Crippen molar-refractivity contribution in [1.29, 1.82) is 0 Å². The van der Waals surface area contributed by atoms with Gasteiger partial charge in [0.25, 0.3) is 0 Å². The van der Waals surface area contributed by atoms with E-state index < -0.39 is 6.09 Å². The summed E-state index contributed by atoms with van der Waals surface area (Å²) in [4.78, 5) is 29.0. The molecule has 4 rings (SSSR count). The minimum atomic E-state index is -0.860. The number of carboxylic acid groups (broad SMARTS) is 1. The number of fused-ring (bicyclic) bond motifs is 1. The third-order valence-electron chi connectivity index (χ3n) is 4.09. The zero-order valence-corrected chi connectivity index (χ0v) is 15.1. The second-order valence-corrected chi connectivity index (χ2v) is 6.61. The van der Waals surface area contributed by atoms with Gasteiger partial charge in [0.2, 0.25) is 5.91 Å². The van der Waals surface area contributed by atoms with Gasteiger partial charge in [-0.3, -0.25) is 4.79 Å². The van der Waals surface area contributed by atoms with Gasteiger partial charge < -0.3 is 20.2 Å². The molecule has 0 atom stereocenters. The standard InChI is InChI=1S/C11H12BrN5O2.C4H7NO/c12-8-7-13-17-2-1-9(14-10(8)17)15-3-5-16(6-4-15)11(18)19;6-4-2-1-3-5-4/h1-2,7H,3-6H2,(H,18,19);1-3H2,(H,5,6). The molecule has 2 aromatic rings. The average molecular weight is 411 g/mol. The van der Waals surface area contributed by atoms with E-state index in [9.17, 15) is 9.59 Å². The molecule has 4 heterocycles. The number of piperazine rings is 1. The Kier molecular flexibility index (Phi) is 5.37. The molecule has 2 aliphatic heterocycles. The van der Waals surface area contributed by atoms with E-state index in [1.165, 1.54) is 4.90 Å². The number of nitrogens with one attached hydrogen (secondary N) is 1. The van der Waals surface area contributed by atoms with Crippen LogP contribution in [0.5, 0.6) is 0 Å². The van der Waals surface area contributed by atoms with E-state index in [2.05, 4.69) is 36.2 Å². The quantitative estimate of drug-likeness (QED) is 0.731. The van der Waals surface area contributed by atoms with Crippen LogP contribution in [0, 0.1) is 0 Å². The number of amides is 2. The molecule has 0 saturated carbocycles. The maximum Gasteiger partial charge on any atom is 0.407 e. The van der Waals surface area contributed by atoms with Gasteiger partial charge in [-0.15, -0.1) is 0 Å². The summed E-state index contributed by atoms with van der Waals surface area (Å²) in [6.45, 7) is 3.20. The summed E-state index contributed by atoms with van der Waals surface area (Å²) in [6, 6.07) is 1.89. The van der Waals surface area contributed by atoms with Crippen molar-refractivity contribution in [3.8, 4) is 0 Å². The first kappa shape index (κ1) is 17.5. The highest BCUT2D eigenvalue weighted by Gasteiger charge is 2.21. The van der Waals surface area contributed by atoms with Gasteiger partial charge in [-0.1, -0.05) is 0 Å². The molecule has 9 nitrogen and oxygen atoms in total. The van der Waals surface area contributed by atoms with Crippen LogP contribution in [0.4, 0.5) is 10.6 Å². The zero-order valence-electron chi connectivity index (χ0n) is 13.6. The monoisotopic (exact) mass is 410 g/mol. The third-order valence-corrected chi connectivity index (χ3v) is 4.65. The van der Waals surface area contributed by atoms with Crippen LogP contribution in [0.1, 0.15) is 12.8 Å². The zero-order chi connectivity index (χ0) is 17.8. The maximum absolute atomic E-state index is 10.9. The molecule has 25 heavy (non-hydrogen) atoms. The van der Waals surface area contributed by atoms with Crippen molar-refractivity contribution in [2.75, 3.05) is 37.6 Å². The number of nitrogens with zero attached hydrogens (tertiary/aromatic N) is 5. The number of carbonyl (C=O) groups excluding carboxylic acids is 1. The van der Waals surface area contributed by atoms with Gasteiger partial charge in [0.15, 0.2) is 5.65 Å². The lowest BCUT2D eigenvalue weighted by atomic mass is 10.3. The Morgan fingerprint density at radius 3 is 2.60 bits per heavy atom. The Labute approximate surface area is 152 Å². The van der Waals surface area contributed by atoms with E-state index in [0.29, 0.717) is 26.2 Å². The molecule has 0 aromatic carbocycles. The van der Waals surface area contributed by atoms with Gasteiger partial charge in [0.05, 0.1) is 10.7 Å². The number of aromatic nitrogens is 3. The summed E-state index contributed by atoms with van der Waals surface area (Å²) in [7, 11) is 0. The third kappa shape index (κ3) is 4.19. The topological polar surface area (TPSA) is 103 Å². The molecule has 0 bridgehead atoms. The first-order valence-corrected chi connectivity index (χ1v) is 8.83. The molecule has 134 valence electrons. The Morgan fingerprint density at radius 1 is 1.28 bits per heavy atom. The van der Waals surface area contributed by atoms with Gasteiger partial charge in [-0.05, 0) is 28.4 Å². The van der Waals surface area contributed by atoms with E-state index in [-0.39, 0.29) is 5.91 Å². The first-order chi connectivity index (χ1) is 12.0. The van der Waals surface area contributed by atoms with Gasteiger partial charge >= 0.3 is 6.09 Å². The number of carbonyl (C=O) groups is 2. The molecule has 2 fully saturated rings. The molecule has 2 aromatic heterocycles. The summed E-state index contributed by atoms with van der Waals surface area (Å²) < 4.78 is 2.54. The molecule has 0 unspecified atom stereocenters. The second kappa shape index (κ2) is 7.68. The molecular formula is C15H19BrN6O3. The van der Waals surface area contributed by atoms with Crippen LogP contribution >= 0.6 is 15.9 Å². The smallest absolute Gasteiger partial charge is 0.407 e. The van der Waals surface area contributed by atoms with Crippen molar-refractivity contribution >= 4 is 39.4 Å². The van der Waals surface area contributed by atoms with E-state index in [4.69, 9.17) is 5.11 Å². The lowest BCUT2D eigenvalue weighted by molar-refractivity contribution is -0.119. The highest BCUT2D eigenvalue weighted by molar-refractivity contribution is 9.10. The Hall–Kier alpha value is -2.36. The average Bonchev–Trinajstić information content (AvgIpc) is 3.24. The van der Waals surface area contributed by atoms with Crippen LogP contribution in [0.25, 0.3) is 5.65 Å². The summed E-state index contributed by atoms with van der Waals surface area (Å²) in [5, 5.41) is 15.7. The molecule has 10 heteroatoms. The Bertz CT molecular complexity index is 764. The number of hydrogen-bond donors (Lipinski definition) is 2. The van der Waals surface area contributed by atoms with Crippen LogP contribution < -0.4 is 10.2 Å². The SMILES string of the molecule is O=C(O)N1CCN(c2ccn3ncc(Br)c3n2)CC1.O=C1CCCN1. The minimum Gasteiger partial charge on any atom is -0.465 e. The number of halogens is 1. The van der Waals surface area contributed by atoms with Crippen molar-refractivity contribution in [1.82, 2.24) is 24.8 Å². The van der Waals surface area contributed by atoms with E-state index in [1.807, 2.05) is 12.3 Å². The molecule has 2 N–H and O–H groups in total. The van der Waals surface area contributed by atoms with E-state index >= 15 is 0 Å². The van der Waals surface area contributed by atoms with Crippen LogP contribution in [0.3, 0.4) is 0 Å². The summed E-state index contributed by atoms with van der Waals surface area (Å²) >= 11 is 3.40. The molecule has 2 aliphatic rings. The molecule has 2 amide bonds. The predicted octanol–water partition coefficient (Wildman–Crippen LogP) is 1.19. The van der Waals surface area contributed by atoms with E-state index in [0.717, 1.165) is 35.3 Å². The fourth-order valence-corrected chi connectivity index (χ4v) is 3.06. The van der Waals surface area contributed by atoms with Crippen LogP contribution in [-0.2, 0) is 4.79 Å². The number of anilines is 1. The minimum absolute atomic E-state index is 0.204. The van der Waals surface area contributed by atoms with Gasteiger partial charge in [0, 0.05) is 45.3 Å². The number of hydrogen-bond acceptors (Lipinski definition) is 5. The van der Waals surface area contributed by atoms with Gasteiger partial charge in [-0.2, -0.15) is 5.10 Å². The van der Waals surface area contributed by atoms with Crippen molar-refractivity contribution in [2.24, 2.45) is 0 Å². The molecular weight excluding hydrogens is 392 g/mol. The normalized spacial score (nSPS) is 17.2. The van der Waals surface area contributed by atoms with E-state index in [1.54, 1.807) is 10.7 Å². The Balaban J connectivity index is 0.000000258. The van der Waals surface area contributed by atoms with Crippen LogP contribution in [0.2, 0.25) is 0 Å². The molecule has 0 spiro atoms. The highest BCUT2D eigenvalue weighted by atomic mass is 79.9. The Morgan fingerprint density at radius 2 is 2.04 bits per heavy atom. The summed E-state index contributed by atoms with van der Waals surface area (Å²) in [5.74, 6) is 1.05. The highest BCUT2D eigenvalue weighted by Crippen LogP contribution is 2.19. The maximum atomic E-state index is 10.9. The largest absolute Gasteiger partial charge is 0.465 e. The second-order valence-electron chi connectivity index (χ2n) is 5.76. The van der Waals surface area contributed by atoms with Gasteiger partial charge in [-0.25, -0.2) is 14.3 Å². The van der Waals surface area contributed by atoms with Gasteiger partial charge in [0.1, 0.15) is 5.82 Å². The predicted molar refractivity (Wildman–Crippen MR) is 94.7 cm³/mol. The van der Waals surface area contributed by atoms with Crippen molar-refractivity contribution in [3.63, 3.8) is 0 Å². The van der Waals surface area contributed by atoms with Crippen LogP contribution in [-0.4, -0.2) is 69.3 Å². The fraction of sp³-hybridized carbons (Fsp3) is 0.467. The molecule has 0 radical (unpaired) electrons. The fourth-order valence-electron chi connectivity index (χ4n) is 2.70. The lowest BCUT2D eigenvalue weighted by Crippen LogP contribution is -2.48. The summed E-state index contributed by atoms with van der Waals surface area (Å²) in [6.07, 6.45) is 4.46. The van der Waals surface area contributed by atoms with Crippen molar-refractivity contribution < 1.29 is 14.7 Å². The lowest BCUT2D eigenvalue weighted by Gasteiger charge is -2.33. The number of rotatable bonds is 1. The first-order valence-electron chi connectivity index (χ1n) is 8.04. The van der Waals surface area contributed by atoms with Crippen LogP contribution in [0.15, 0.2) is 22.9 Å². The molecule has 0 aliphatic carbocycles.